The van der Waals surface area contributed by atoms with E-state index in [2.05, 4.69) is 11.9 Å². The number of amides is 2. The first-order valence-corrected chi connectivity index (χ1v) is 9.66. The molecule has 0 spiro atoms. The molecule has 160 valence electrons. The Hall–Kier alpha value is -2.11. The highest BCUT2D eigenvalue weighted by Crippen LogP contribution is 2.25. The molecule has 0 saturated carbocycles. The Morgan fingerprint density at radius 3 is 2.07 bits per heavy atom. The summed E-state index contributed by atoms with van der Waals surface area (Å²) in [5, 5.41) is 2.92. The summed E-state index contributed by atoms with van der Waals surface area (Å²) in [6.07, 6.45) is 5.15. The van der Waals surface area contributed by atoms with Gasteiger partial charge in [-0.1, -0.05) is 52.5 Å². The first kappa shape index (κ1) is 25.9. The van der Waals surface area contributed by atoms with Gasteiger partial charge in [0.2, 0.25) is 11.8 Å². The highest BCUT2D eigenvalue weighted by atomic mass is 16.5. The van der Waals surface area contributed by atoms with E-state index in [0.717, 1.165) is 0 Å². The smallest absolute Gasteiger partial charge is 0.303 e. The maximum Gasteiger partial charge on any atom is 0.303 e. The van der Waals surface area contributed by atoms with Crippen molar-refractivity contribution in [3.05, 3.63) is 24.8 Å². The molecule has 6 heteroatoms. The average molecular weight is 395 g/mol. The van der Waals surface area contributed by atoms with Crippen molar-refractivity contribution in [3.63, 3.8) is 0 Å². The minimum absolute atomic E-state index is 0.189. The molecule has 0 unspecified atom stereocenters. The molecule has 0 aromatic carbocycles. The van der Waals surface area contributed by atoms with E-state index in [0.29, 0.717) is 6.42 Å². The Labute approximate surface area is 170 Å². The van der Waals surface area contributed by atoms with E-state index in [-0.39, 0.29) is 17.7 Å². The first-order valence-electron chi connectivity index (χ1n) is 9.66. The predicted molar refractivity (Wildman–Crippen MR) is 113 cm³/mol. The number of carbonyl (C=O) groups excluding carboxylic acids is 3. The second-order valence-electron chi connectivity index (χ2n) is 9.30. The maximum absolute atomic E-state index is 13.2. The minimum Gasteiger partial charge on any atom is -0.459 e. The molecule has 1 N–H and O–H groups in total. The molecule has 0 heterocycles. The summed E-state index contributed by atoms with van der Waals surface area (Å²) in [4.78, 5) is 39.3. The fourth-order valence-corrected chi connectivity index (χ4v) is 2.85. The van der Waals surface area contributed by atoms with Crippen LogP contribution in [0.1, 0.15) is 61.8 Å². The van der Waals surface area contributed by atoms with E-state index >= 15 is 0 Å². The summed E-state index contributed by atoms with van der Waals surface area (Å²) in [5.74, 6) is -1.23. The Bertz CT molecular complexity index is 597. The van der Waals surface area contributed by atoms with Crippen molar-refractivity contribution < 1.29 is 19.1 Å². The van der Waals surface area contributed by atoms with E-state index in [1.54, 1.807) is 40.0 Å². The van der Waals surface area contributed by atoms with Crippen LogP contribution in [0.15, 0.2) is 24.8 Å². The van der Waals surface area contributed by atoms with Crippen LogP contribution >= 0.6 is 0 Å². The van der Waals surface area contributed by atoms with E-state index < -0.39 is 29.1 Å². The number of rotatable bonds is 8. The predicted octanol–water partition coefficient (Wildman–Crippen LogP) is 3.47. The highest BCUT2D eigenvalue weighted by Gasteiger charge is 2.42. The van der Waals surface area contributed by atoms with Crippen LogP contribution < -0.4 is 5.32 Å². The van der Waals surface area contributed by atoms with Crippen molar-refractivity contribution >= 4 is 17.8 Å². The Morgan fingerprint density at radius 2 is 1.68 bits per heavy atom. The molecule has 0 saturated heterocycles. The topological polar surface area (TPSA) is 75.7 Å². The van der Waals surface area contributed by atoms with Gasteiger partial charge in [0.1, 0.15) is 12.1 Å². The van der Waals surface area contributed by atoms with Gasteiger partial charge in [-0.2, -0.15) is 0 Å². The van der Waals surface area contributed by atoms with E-state index in [9.17, 15) is 14.4 Å². The summed E-state index contributed by atoms with van der Waals surface area (Å²) in [6.45, 7) is 17.8. The zero-order chi connectivity index (χ0) is 22.3. The minimum atomic E-state index is -0.943. The second-order valence-corrected chi connectivity index (χ2v) is 9.30. The molecular formula is C22H38N2O4. The third kappa shape index (κ3) is 8.72. The molecule has 3 atom stereocenters. The number of likely N-dealkylation sites (N-methyl/N-ethyl adjacent to an activating group) is 1. The third-order valence-corrected chi connectivity index (χ3v) is 4.10. The monoisotopic (exact) mass is 394 g/mol. The zero-order valence-corrected chi connectivity index (χ0v) is 19.0. The first-order chi connectivity index (χ1) is 12.6. The van der Waals surface area contributed by atoms with Crippen molar-refractivity contribution in [2.24, 2.45) is 11.3 Å². The van der Waals surface area contributed by atoms with Gasteiger partial charge in [0, 0.05) is 24.9 Å². The molecule has 0 aromatic rings. The Balaban J connectivity index is 6.10. The number of ether oxygens (including phenoxy) is 1. The zero-order valence-electron chi connectivity index (χ0n) is 19.0. The third-order valence-electron chi connectivity index (χ3n) is 4.10. The molecule has 6 nitrogen and oxygen atoms in total. The van der Waals surface area contributed by atoms with Gasteiger partial charge in [0.15, 0.2) is 0 Å². The summed E-state index contributed by atoms with van der Waals surface area (Å²) in [5.41, 5.74) is -1.17. The van der Waals surface area contributed by atoms with Gasteiger partial charge in [-0.05, 0) is 33.1 Å². The molecule has 0 aliphatic rings. The Morgan fingerprint density at radius 1 is 1.14 bits per heavy atom. The number of hydrogen-bond acceptors (Lipinski definition) is 4. The van der Waals surface area contributed by atoms with Gasteiger partial charge in [-0.25, -0.2) is 0 Å². The Kier molecular flexibility index (Phi) is 9.65. The molecule has 2 amide bonds. The van der Waals surface area contributed by atoms with Gasteiger partial charge >= 0.3 is 5.97 Å². The van der Waals surface area contributed by atoms with E-state index in [1.807, 2.05) is 33.8 Å². The number of nitrogens with one attached hydrogen (secondary N) is 1. The van der Waals surface area contributed by atoms with Crippen LogP contribution in [0.25, 0.3) is 0 Å². The van der Waals surface area contributed by atoms with Gasteiger partial charge < -0.3 is 15.0 Å². The maximum atomic E-state index is 13.2. The highest BCUT2D eigenvalue weighted by molar-refractivity contribution is 5.90. The van der Waals surface area contributed by atoms with Crippen molar-refractivity contribution in [3.8, 4) is 0 Å². The lowest BCUT2D eigenvalue weighted by Gasteiger charge is -2.39. The molecule has 0 fully saturated rings. The van der Waals surface area contributed by atoms with Crippen LogP contribution in [0.5, 0.6) is 0 Å². The van der Waals surface area contributed by atoms with Crippen molar-refractivity contribution in [1.29, 1.82) is 0 Å². The lowest BCUT2D eigenvalue weighted by atomic mass is 9.89. The van der Waals surface area contributed by atoms with Crippen LogP contribution in [0.3, 0.4) is 0 Å². The number of esters is 1. The summed E-state index contributed by atoms with van der Waals surface area (Å²) >= 11 is 0. The quantitative estimate of drug-likeness (QED) is 0.505. The van der Waals surface area contributed by atoms with Crippen molar-refractivity contribution in [2.75, 3.05) is 7.05 Å². The molecule has 0 aliphatic carbocycles. The molecule has 0 aromatic heterocycles. The van der Waals surface area contributed by atoms with Crippen molar-refractivity contribution in [2.45, 2.75) is 79.5 Å². The van der Waals surface area contributed by atoms with Gasteiger partial charge in [-0.3, -0.25) is 14.4 Å². The standard InChI is InChI=1S/C22H38N2O4/c1-11-12-13-14-15(2)18(28-16(3)25)17(19(26)23-22(7,8)9)24(10)20(27)21(4,5)6/h11-13,15,17-18H,1,14H2,2-10H3,(H,23,26)/b13-12+/t15-,17+,18-/m1/s1. The summed E-state index contributed by atoms with van der Waals surface area (Å²) in [7, 11) is 1.59. The fourth-order valence-electron chi connectivity index (χ4n) is 2.85. The van der Waals surface area contributed by atoms with E-state index in [4.69, 9.17) is 4.74 Å². The van der Waals surface area contributed by atoms with Gasteiger partial charge in [0.25, 0.3) is 0 Å². The van der Waals surface area contributed by atoms with Crippen LogP contribution in [0, 0.1) is 11.3 Å². The van der Waals surface area contributed by atoms with Gasteiger partial charge in [-0.15, -0.1) is 0 Å². The summed E-state index contributed by atoms with van der Waals surface area (Å²) in [6, 6.07) is -0.943. The number of hydrogen-bond donors (Lipinski definition) is 1. The van der Waals surface area contributed by atoms with Crippen LogP contribution in [-0.4, -0.2) is 47.4 Å². The van der Waals surface area contributed by atoms with Crippen LogP contribution in [-0.2, 0) is 19.1 Å². The van der Waals surface area contributed by atoms with Crippen LogP contribution in [0.2, 0.25) is 0 Å². The SMILES string of the molecule is C=C/C=C/C[C@@H](C)[C@@H](OC(C)=O)[C@@H](C(=O)NC(C)(C)C)N(C)C(=O)C(C)(C)C. The largest absolute Gasteiger partial charge is 0.459 e. The molecular weight excluding hydrogens is 356 g/mol. The molecule has 0 rings (SSSR count). The lowest BCUT2D eigenvalue weighted by Crippen LogP contribution is -2.60. The summed E-state index contributed by atoms with van der Waals surface area (Å²) < 4.78 is 5.57. The average Bonchev–Trinajstić information content (AvgIpc) is 2.50. The molecule has 0 aliphatic heterocycles. The number of carbonyl (C=O) groups is 3. The molecule has 28 heavy (non-hydrogen) atoms. The fraction of sp³-hybridized carbons (Fsp3) is 0.682. The van der Waals surface area contributed by atoms with E-state index in [1.165, 1.54) is 11.8 Å². The molecule has 0 bridgehead atoms. The number of allylic oxidation sites excluding steroid dienone is 3. The number of nitrogens with zero attached hydrogens (tertiary/aromatic N) is 1. The second kappa shape index (κ2) is 10.4. The van der Waals surface area contributed by atoms with Gasteiger partial charge in [0.05, 0.1) is 0 Å². The van der Waals surface area contributed by atoms with Crippen LogP contribution in [0.4, 0.5) is 0 Å². The molecule has 0 radical (unpaired) electrons. The van der Waals surface area contributed by atoms with Crippen molar-refractivity contribution in [1.82, 2.24) is 10.2 Å². The normalized spacial score (nSPS) is 15.5. The lowest BCUT2D eigenvalue weighted by molar-refractivity contribution is -0.162.